The minimum atomic E-state index is -0.0269. The van der Waals surface area contributed by atoms with Crippen molar-refractivity contribution in [3.05, 3.63) is 35.2 Å². The fourth-order valence-corrected chi connectivity index (χ4v) is 3.23. The molecule has 3 rings (SSSR count). The molecular formula is C15H17N3O3S. The Labute approximate surface area is 132 Å². The average molecular weight is 319 g/mol. The largest absolute Gasteiger partial charge is 0.467 e. The Balaban J connectivity index is 1.59. The highest BCUT2D eigenvalue weighted by Gasteiger charge is 2.24. The van der Waals surface area contributed by atoms with Gasteiger partial charge < -0.3 is 9.32 Å². The SMILES string of the molecule is CN(Cc1ccco1)C(=O)Cc1csc(N2CCCC2=O)n1. The number of nitrogens with zero attached hydrogens (tertiary/aromatic N) is 3. The number of hydrogen-bond acceptors (Lipinski definition) is 5. The van der Waals surface area contributed by atoms with Crippen molar-refractivity contribution in [2.24, 2.45) is 0 Å². The van der Waals surface area contributed by atoms with Crippen LogP contribution in [0.4, 0.5) is 5.13 Å². The maximum atomic E-state index is 12.2. The molecule has 2 aromatic rings. The van der Waals surface area contributed by atoms with Crippen LogP contribution in [0.5, 0.6) is 0 Å². The number of furan rings is 1. The molecule has 6 nitrogen and oxygen atoms in total. The average Bonchev–Trinajstić information content (AvgIpc) is 3.20. The third-order valence-electron chi connectivity index (χ3n) is 3.58. The van der Waals surface area contributed by atoms with E-state index in [9.17, 15) is 9.59 Å². The van der Waals surface area contributed by atoms with Gasteiger partial charge in [-0.25, -0.2) is 4.98 Å². The molecule has 0 radical (unpaired) electrons. The fraction of sp³-hybridized carbons (Fsp3) is 0.400. The van der Waals surface area contributed by atoms with Gasteiger partial charge >= 0.3 is 0 Å². The summed E-state index contributed by atoms with van der Waals surface area (Å²) in [5.74, 6) is 0.834. The lowest BCUT2D eigenvalue weighted by Crippen LogP contribution is -2.28. The van der Waals surface area contributed by atoms with Crippen molar-refractivity contribution in [3.8, 4) is 0 Å². The van der Waals surface area contributed by atoms with Gasteiger partial charge in [0, 0.05) is 25.4 Å². The van der Waals surface area contributed by atoms with E-state index < -0.39 is 0 Å². The molecule has 0 unspecified atom stereocenters. The molecule has 7 heteroatoms. The van der Waals surface area contributed by atoms with Gasteiger partial charge in [0.1, 0.15) is 5.76 Å². The van der Waals surface area contributed by atoms with Gasteiger partial charge in [-0.3, -0.25) is 14.5 Å². The molecule has 0 atom stereocenters. The molecule has 1 aliphatic heterocycles. The van der Waals surface area contributed by atoms with Crippen molar-refractivity contribution in [1.29, 1.82) is 0 Å². The van der Waals surface area contributed by atoms with Crippen LogP contribution in [0.2, 0.25) is 0 Å². The highest BCUT2D eigenvalue weighted by atomic mass is 32.1. The van der Waals surface area contributed by atoms with Crippen LogP contribution in [0.1, 0.15) is 24.3 Å². The Hall–Kier alpha value is -2.15. The normalized spacial score (nSPS) is 14.6. The van der Waals surface area contributed by atoms with Crippen molar-refractivity contribution in [1.82, 2.24) is 9.88 Å². The van der Waals surface area contributed by atoms with Crippen molar-refractivity contribution in [2.45, 2.75) is 25.8 Å². The molecule has 1 aliphatic rings. The Bertz CT molecular complexity index is 665. The smallest absolute Gasteiger partial charge is 0.228 e. The molecule has 0 N–H and O–H groups in total. The summed E-state index contributed by atoms with van der Waals surface area (Å²) in [4.78, 5) is 31.6. The Morgan fingerprint density at radius 1 is 1.55 bits per heavy atom. The number of likely N-dealkylation sites (N-methyl/N-ethyl adjacent to an activating group) is 1. The van der Waals surface area contributed by atoms with Gasteiger partial charge in [0.2, 0.25) is 11.8 Å². The second-order valence-electron chi connectivity index (χ2n) is 5.28. The summed E-state index contributed by atoms with van der Waals surface area (Å²) < 4.78 is 5.24. The van der Waals surface area contributed by atoms with E-state index in [4.69, 9.17) is 4.42 Å². The second-order valence-corrected chi connectivity index (χ2v) is 6.11. The van der Waals surface area contributed by atoms with Crippen LogP contribution in [0.3, 0.4) is 0 Å². The van der Waals surface area contributed by atoms with E-state index in [1.165, 1.54) is 11.3 Å². The lowest BCUT2D eigenvalue weighted by molar-refractivity contribution is -0.130. The Morgan fingerprint density at radius 2 is 2.41 bits per heavy atom. The first-order chi connectivity index (χ1) is 10.6. The predicted octanol–water partition coefficient (Wildman–Crippen LogP) is 2.06. The first-order valence-electron chi connectivity index (χ1n) is 7.14. The van der Waals surface area contributed by atoms with Crippen molar-refractivity contribution >= 4 is 28.3 Å². The standard InChI is InChI=1S/C15H17N3O3S/c1-17(9-12-4-3-7-21-12)14(20)8-11-10-22-15(16-11)18-6-2-5-13(18)19/h3-4,7,10H,2,5-6,8-9H2,1H3. The topological polar surface area (TPSA) is 66.7 Å². The number of amides is 2. The number of aromatic nitrogens is 1. The number of hydrogen-bond donors (Lipinski definition) is 0. The van der Waals surface area contributed by atoms with E-state index in [-0.39, 0.29) is 18.2 Å². The Kier molecular flexibility index (Phi) is 4.24. The molecule has 0 spiro atoms. The number of carbonyl (C=O) groups excluding carboxylic acids is 2. The maximum Gasteiger partial charge on any atom is 0.228 e. The molecule has 2 aromatic heterocycles. The third-order valence-corrected chi connectivity index (χ3v) is 4.49. The van der Waals surface area contributed by atoms with Crippen LogP contribution in [0, 0.1) is 0 Å². The lowest BCUT2D eigenvalue weighted by atomic mass is 10.3. The zero-order chi connectivity index (χ0) is 15.5. The van der Waals surface area contributed by atoms with Crippen molar-refractivity contribution in [3.63, 3.8) is 0 Å². The monoisotopic (exact) mass is 319 g/mol. The van der Waals surface area contributed by atoms with Crippen LogP contribution < -0.4 is 4.90 Å². The summed E-state index contributed by atoms with van der Waals surface area (Å²) in [6.07, 6.45) is 3.28. The summed E-state index contributed by atoms with van der Waals surface area (Å²) in [7, 11) is 1.74. The highest BCUT2D eigenvalue weighted by molar-refractivity contribution is 7.14. The molecular weight excluding hydrogens is 302 g/mol. The Morgan fingerprint density at radius 3 is 3.09 bits per heavy atom. The third kappa shape index (κ3) is 3.19. The van der Waals surface area contributed by atoms with Crippen LogP contribution in [-0.4, -0.2) is 35.3 Å². The quantitative estimate of drug-likeness (QED) is 0.846. The summed E-state index contributed by atoms with van der Waals surface area (Å²) in [6.45, 7) is 1.16. The van der Waals surface area contributed by atoms with Crippen LogP contribution in [-0.2, 0) is 22.6 Å². The molecule has 3 heterocycles. The van der Waals surface area contributed by atoms with Crippen molar-refractivity contribution in [2.75, 3.05) is 18.5 Å². The first-order valence-corrected chi connectivity index (χ1v) is 8.02. The van der Waals surface area contributed by atoms with Gasteiger partial charge in [-0.05, 0) is 18.6 Å². The summed E-state index contributed by atoms with van der Waals surface area (Å²) in [6, 6.07) is 3.64. The predicted molar refractivity (Wildman–Crippen MR) is 82.6 cm³/mol. The van der Waals surface area contributed by atoms with Crippen LogP contribution in [0.25, 0.3) is 0 Å². The molecule has 1 fully saturated rings. The fourth-order valence-electron chi connectivity index (χ4n) is 2.37. The summed E-state index contributed by atoms with van der Waals surface area (Å²) in [5, 5.41) is 2.54. The van der Waals surface area contributed by atoms with E-state index in [0.29, 0.717) is 23.8 Å². The molecule has 22 heavy (non-hydrogen) atoms. The molecule has 1 saturated heterocycles. The minimum Gasteiger partial charge on any atom is -0.467 e. The van der Waals surface area contributed by atoms with Crippen molar-refractivity contribution < 1.29 is 14.0 Å². The number of anilines is 1. The highest BCUT2D eigenvalue weighted by Crippen LogP contribution is 2.25. The van der Waals surface area contributed by atoms with Crippen LogP contribution in [0.15, 0.2) is 28.2 Å². The van der Waals surface area contributed by atoms with Gasteiger partial charge in [0.25, 0.3) is 0 Å². The van der Waals surface area contributed by atoms with E-state index in [1.54, 1.807) is 29.2 Å². The molecule has 0 bridgehead atoms. The zero-order valence-electron chi connectivity index (χ0n) is 12.3. The number of rotatable bonds is 5. The van der Waals surface area contributed by atoms with Gasteiger partial charge in [-0.15, -0.1) is 11.3 Å². The molecule has 0 aliphatic carbocycles. The second kappa shape index (κ2) is 6.31. The molecule has 0 saturated carbocycles. The molecule has 0 aromatic carbocycles. The minimum absolute atomic E-state index is 0.0269. The number of carbonyl (C=O) groups is 2. The van der Waals surface area contributed by atoms with E-state index in [1.807, 2.05) is 11.4 Å². The lowest BCUT2D eigenvalue weighted by Gasteiger charge is -2.15. The first kappa shape index (κ1) is 14.8. The summed E-state index contributed by atoms with van der Waals surface area (Å²) in [5.41, 5.74) is 0.705. The molecule has 2 amide bonds. The molecule has 116 valence electrons. The zero-order valence-corrected chi connectivity index (χ0v) is 13.1. The number of thiazole rings is 1. The van der Waals surface area contributed by atoms with Gasteiger partial charge in [0.15, 0.2) is 5.13 Å². The van der Waals surface area contributed by atoms with Gasteiger partial charge in [0.05, 0.1) is 24.9 Å². The van der Waals surface area contributed by atoms with E-state index in [2.05, 4.69) is 4.98 Å². The van der Waals surface area contributed by atoms with Gasteiger partial charge in [-0.1, -0.05) is 0 Å². The van der Waals surface area contributed by atoms with Crippen LogP contribution >= 0.6 is 11.3 Å². The maximum absolute atomic E-state index is 12.2. The van der Waals surface area contributed by atoms with E-state index >= 15 is 0 Å². The summed E-state index contributed by atoms with van der Waals surface area (Å²) >= 11 is 1.41. The van der Waals surface area contributed by atoms with Gasteiger partial charge in [-0.2, -0.15) is 0 Å². The van der Waals surface area contributed by atoms with E-state index in [0.717, 1.165) is 18.7 Å².